The van der Waals surface area contributed by atoms with Gasteiger partial charge < -0.3 is 9.15 Å². The summed E-state index contributed by atoms with van der Waals surface area (Å²) in [6.45, 7) is 2.85. The van der Waals surface area contributed by atoms with Gasteiger partial charge in [-0.05, 0) is 68.4 Å². The van der Waals surface area contributed by atoms with Gasteiger partial charge in [-0.3, -0.25) is 9.10 Å². The number of sulfonamides is 1. The van der Waals surface area contributed by atoms with Crippen molar-refractivity contribution in [1.29, 1.82) is 0 Å². The minimum Gasteiger partial charge on any atom is -0.462 e. The predicted octanol–water partition coefficient (Wildman–Crippen LogP) is 5.80. The van der Waals surface area contributed by atoms with E-state index >= 15 is 0 Å². The number of ether oxygens (including phenoxy) is 1. The van der Waals surface area contributed by atoms with Crippen molar-refractivity contribution in [3.63, 3.8) is 0 Å². The summed E-state index contributed by atoms with van der Waals surface area (Å²) >= 11 is 0. The van der Waals surface area contributed by atoms with Crippen LogP contribution in [0, 0.1) is 6.92 Å². The summed E-state index contributed by atoms with van der Waals surface area (Å²) in [6.07, 6.45) is -3.55. The number of hydrogen-bond donors (Lipinski definition) is 1. The minimum absolute atomic E-state index is 0.204. The van der Waals surface area contributed by atoms with Crippen LogP contribution in [0.5, 0.6) is 0 Å². The van der Waals surface area contributed by atoms with Gasteiger partial charge in [-0.15, -0.1) is 0 Å². The number of rotatable bonds is 10. The molecule has 1 heterocycles. The molecule has 0 atom stereocenters. The van der Waals surface area contributed by atoms with E-state index in [1.54, 1.807) is 50.2 Å². The van der Waals surface area contributed by atoms with Crippen molar-refractivity contribution in [1.82, 2.24) is 5.43 Å². The second-order valence-electron chi connectivity index (χ2n) is 9.17. The highest BCUT2D eigenvalue weighted by Gasteiger charge is 2.33. The maximum absolute atomic E-state index is 13.4. The van der Waals surface area contributed by atoms with Gasteiger partial charge in [0.25, 0.3) is 15.9 Å². The van der Waals surface area contributed by atoms with E-state index in [1.807, 2.05) is 0 Å². The SMILES string of the molecule is CCOC(=O)c1ccc(-c2ccc(/C=N\NC(=O)CN(c3cccc(C(F)(F)F)c3)S(=O)(=O)c3ccc(C)cc3)o2)cc1. The van der Waals surface area contributed by atoms with E-state index in [-0.39, 0.29) is 22.9 Å². The molecule has 13 heteroatoms. The number of nitrogens with zero attached hydrogens (tertiary/aromatic N) is 2. The molecule has 0 aliphatic rings. The van der Waals surface area contributed by atoms with Crippen molar-refractivity contribution in [3.05, 3.63) is 107 Å². The van der Waals surface area contributed by atoms with Crippen LogP contribution in [0.25, 0.3) is 11.3 Å². The normalized spacial score (nSPS) is 11.8. The first kappa shape index (κ1) is 31.0. The van der Waals surface area contributed by atoms with Gasteiger partial charge in [0.05, 0.1) is 34.5 Å². The Kier molecular flexibility index (Phi) is 9.34. The topological polar surface area (TPSA) is 118 Å². The van der Waals surface area contributed by atoms with Crippen LogP contribution in [0.2, 0.25) is 0 Å². The molecule has 0 aliphatic heterocycles. The van der Waals surface area contributed by atoms with Crippen molar-refractivity contribution < 1.29 is 40.3 Å². The number of carbonyl (C=O) groups is 2. The third kappa shape index (κ3) is 7.68. The van der Waals surface area contributed by atoms with Crippen molar-refractivity contribution in [2.45, 2.75) is 24.9 Å². The number of alkyl halides is 3. The number of anilines is 1. The first-order valence-electron chi connectivity index (χ1n) is 12.8. The largest absolute Gasteiger partial charge is 0.462 e. The van der Waals surface area contributed by atoms with Gasteiger partial charge in [0.2, 0.25) is 0 Å². The molecule has 43 heavy (non-hydrogen) atoms. The van der Waals surface area contributed by atoms with E-state index in [0.717, 1.165) is 17.7 Å². The molecule has 0 spiro atoms. The van der Waals surface area contributed by atoms with Crippen LogP contribution in [-0.2, 0) is 25.7 Å². The zero-order chi connectivity index (χ0) is 31.2. The smallest absolute Gasteiger partial charge is 0.416 e. The van der Waals surface area contributed by atoms with Crippen LogP contribution >= 0.6 is 0 Å². The lowest BCUT2D eigenvalue weighted by Gasteiger charge is -2.24. The van der Waals surface area contributed by atoms with Crippen molar-refractivity contribution in [2.24, 2.45) is 5.10 Å². The third-order valence-corrected chi connectivity index (χ3v) is 7.83. The molecular weight excluding hydrogens is 587 g/mol. The fraction of sp³-hybridized carbons (Fsp3) is 0.167. The molecule has 0 saturated heterocycles. The standard InChI is InChI=1S/C30H26F3N3O6S/c1-3-41-29(38)22-11-9-21(10-12-22)27-16-13-25(42-27)18-34-35-28(37)19-36(24-6-4-5-23(17-24)30(31,32)33)43(39,40)26-14-7-20(2)8-15-26/h4-18H,3,19H2,1-2H3,(H,35,37)/b34-18-. The maximum Gasteiger partial charge on any atom is 0.416 e. The van der Waals surface area contributed by atoms with Crippen LogP contribution in [0.1, 0.15) is 34.2 Å². The number of hydrogen-bond acceptors (Lipinski definition) is 7. The lowest BCUT2D eigenvalue weighted by Crippen LogP contribution is -2.39. The first-order valence-corrected chi connectivity index (χ1v) is 14.3. The molecule has 1 N–H and O–H groups in total. The Morgan fingerprint density at radius 3 is 2.35 bits per heavy atom. The maximum atomic E-state index is 13.4. The molecule has 4 rings (SSSR count). The van der Waals surface area contributed by atoms with Crippen molar-refractivity contribution >= 4 is 33.8 Å². The molecule has 0 bridgehead atoms. The quantitative estimate of drug-likeness (QED) is 0.137. The van der Waals surface area contributed by atoms with Gasteiger partial charge in [-0.1, -0.05) is 35.9 Å². The summed E-state index contributed by atoms with van der Waals surface area (Å²) < 4.78 is 78.3. The Morgan fingerprint density at radius 1 is 1.00 bits per heavy atom. The van der Waals surface area contributed by atoms with Gasteiger partial charge in [0, 0.05) is 5.56 Å². The number of esters is 1. The molecule has 0 radical (unpaired) electrons. The van der Waals surface area contributed by atoms with Gasteiger partial charge in [-0.25, -0.2) is 18.6 Å². The fourth-order valence-electron chi connectivity index (χ4n) is 3.89. The number of nitrogens with one attached hydrogen (secondary N) is 1. The van der Waals surface area contributed by atoms with Crippen LogP contribution in [0.15, 0.2) is 99.3 Å². The molecule has 224 valence electrons. The van der Waals surface area contributed by atoms with Crippen molar-refractivity contribution in [2.75, 3.05) is 17.5 Å². The highest BCUT2D eigenvalue weighted by molar-refractivity contribution is 7.92. The molecule has 0 fully saturated rings. The van der Waals surface area contributed by atoms with E-state index < -0.39 is 40.2 Å². The average Bonchev–Trinajstić information content (AvgIpc) is 3.45. The van der Waals surface area contributed by atoms with Crippen LogP contribution in [0.4, 0.5) is 18.9 Å². The number of carbonyl (C=O) groups excluding carboxylic acids is 2. The average molecular weight is 614 g/mol. The molecule has 1 aromatic heterocycles. The summed E-state index contributed by atoms with van der Waals surface area (Å²) in [4.78, 5) is 24.4. The van der Waals surface area contributed by atoms with Gasteiger partial charge in [0.1, 0.15) is 18.1 Å². The Bertz CT molecular complexity index is 1730. The van der Waals surface area contributed by atoms with E-state index in [0.29, 0.717) is 27.3 Å². The molecule has 0 unspecified atom stereocenters. The first-order chi connectivity index (χ1) is 20.4. The second-order valence-corrected chi connectivity index (χ2v) is 11.0. The van der Waals surface area contributed by atoms with Gasteiger partial charge in [-0.2, -0.15) is 18.3 Å². The molecule has 9 nitrogen and oxygen atoms in total. The number of halogens is 3. The molecular formula is C30H26F3N3O6S. The minimum atomic E-state index is -4.73. The van der Waals surface area contributed by atoms with E-state index in [1.165, 1.54) is 36.5 Å². The number of amides is 1. The fourth-order valence-corrected chi connectivity index (χ4v) is 5.30. The summed E-state index contributed by atoms with van der Waals surface area (Å²) in [6, 6.07) is 19.1. The Labute approximate surface area is 245 Å². The zero-order valence-corrected chi connectivity index (χ0v) is 23.8. The van der Waals surface area contributed by atoms with Crippen LogP contribution in [-0.4, -0.2) is 39.7 Å². The number of aryl methyl sites for hydroxylation is 1. The number of benzene rings is 3. The van der Waals surface area contributed by atoms with Gasteiger partial charge >= 0.3 is 12.1 Å². The summed E-state index contributed by atoms with van der Waals surface area (Å²) in [7, 11) is -4.44. The summed E-state index contributed by atoms with van der Waals surface area (Å²) in [5.41, 5.74) is 2.57. The Hall–Kier alpha value is -4.91. The van der Waals surface area contributed by atoms with Crippen LogP contribution < -0.4 is 9.73 Å². The third-order valence-electron chi connectivity index (χ3n) is 6.05. The lowest BCUT2D eigenvalue weighted by atomic mass is 10.1. The monoisotopic (exact) mass is 613 g/mol. The number of hydrazone groups is 1. The lowest BCUT2D eigenvalue weighted by molar-refractivity contribution is -0.137. The summed E-state index contributed by atoms with van der Waals surface area (Å²) in [5, 5.41) is 3.80. The molecule has 0 saturated carbocycles. The highest BCUT2D eigenvalue weighted by atomic mass is 32.2. The zero-order valence-electron chi connectivity index (χ0n) is 23.0. The van der Waals surface area contributed by atoms with Gasteiger partial charge in [0.15, 0.2) is 0 Å². The Balaban J connectivity index is 1.50. The highest BCUT2D eigenvalue weighted by Crippen LogP contribution is 2.33. The summed E-state index contributed by atoms with van der Waals surface area (Å²) in [5.74, 6) is -0.670. The molecule has 1 amide bonds. The molecule has 0 aliphatic carbocycles. The van der Waals surface area contributed by atoms with E-state index in [9.17, 15) is 31.2 Å². The number of furan rings is 1. The van der Waals surface area contributed by atoms with E-state index in [2.05, 4.69) is 10.5 Å². The predicted molar refractivity (Wildman–Crippen MR) is 153 cm³/mol. The van der Waals surface area contributed by atoms with Crippen molar-refractivity contribution in [3.8, 4) is 11.3 Å². The Morgan fingerprint density at radius 2 is 1.70 bits per heavy atom. The second kappa shape index (κ2) is 12.9. The van der Waals surface area contributed by atoms with E-state index in [4.69, 9.17) is 9.15 Å². The molecule has 3 aromatic carbocycles. The molecule has 4 aromatic rings. The van der Waals surface area contributed by atoms with Crippen LogP contribution in [0.3, 0.4) is 0 Å².